The number of anilines is 1. The minimum Gasteiger partial charge on any atom is -0.341 e. The SMILES string of the molecule is CC(C)CCN1CC[C@@H](NC(=O)Nc2ccc(C#N)cc2)C[C@@H]1c1nc2ccccc2[nH]1. The van der Waals surface area contributed by atoms with Gasteiger partial charge in [0.25, 0.3) is 0 Å². The van der Waals surface area contributed by atoms with E-state index in [-0.39, 0.29) is 18.1 Å². The summed E-state index contributed by atoms with van der Waals surface area (Å²) in [6.45, 7) is 6.43. The maximum absolute atomic E-state index is 12.6. The molecule has 3 aromatic rings. The molecule has 2 atom stereocenters. The Bertz CT molecular complexity index is 1060. The van der Waals surface area contributed by atoms with Crippen LogP contribution in [0.3, 0.4) is 0 Å². The van der Waals surface area contributed by atoms with Gasteiger partial charge in [0.1, 0.15) is 5.82 Å². The lowest BCUT2D eigenvalue weighted by molar-refractivity contribution is 0.116. The number of H-pyrrole nitrogens is 1. The molecule has 0 aliphatic carbocycles. The minimum absolute atomic E-state index is 0.0573. The quantitative estimate of drug-likeness (QED) is 0.523. The molecule has 1 aliphatic heterocycles. The van der Waals surface area contributed by atoms with Crippen LogP contribution in [0.15, 0.2) is 48.5 Å². The second-order valence-electron chi connectivity index (χ2n) is 8.88. The highest BCUT2D eigenvalue weighted by Crippen LogP contribution is 2.31. The summed E-state index contributed by atoms with van der Waals surface area (Å²) in [5, 5.41) is 14.9. The summed E-state index contributed by atoms with van der Waals surface area (Å²) in [7, 11) is 0. The monoisotopic (exact) mass is 430 g/mol. The predicted octanol–water partition coefficient (Wildman–Crippen LogP) is 4.81. The lowest BCUT2D eigenvalue weighted by Crippen LogP contribution is -2.47. The Hall–Kier alpha value is -3.37. The van der Waals surface area contributed by atoms with Crippen LogP contribution in [0.25, 0.3) is 11.0 Å². The number of benzene rings is 2. The number of aromatic nitrogens is 2. The molecular formula is C25H30N6O. The van der Waals surface area contributed by atoms with Crippen molar-refractivity contribution in [3.63, 3.8) is 0 Å². The highest BCUT2D eigenvalue weighted by Gasteiger charge is 2.32. The fourth-order valence-corrected chi connectivity index (χ4v) is 4.23. The number of hydrogen-bond donors (Lipinski definition) is 3. The van der Waals surface area contributed by atoms with Crippen LogP contribution >= 0.6 is 0 Å². The van der Waals surface area contributed by atoms with E-state index in [9.17, 15) is 4.79 Å². The van der Waals surface area contributed by atoms with Gasteiger partial charge < -0.3 is 15.6 Å². The number of imidazole rings is 1. The van der Waals surface area contributed by atoms with Crippen LogP contribution in [0.1, 0.15) is 50.5 Å². The molecule has 7 nitrogen and oxygen atoms in total. The maximum atomic E-state index is 12.6. The number of carbonyl (C=O) groups excluding carboxylic acids is 1. The first-order valence-corrected chi connectivity index (χ1v) is 11.3. The average Bonchev–Trinajstić information content (AvgIpc) is 3.22. The smallest absolute Gasteiger partial charge is 0.319 e. The van der Waals surface area contributed by atoms with Crippen LogP contribution in [0.5, 0.6) is 0 Å². The zero-order chi connectivity index (χ0) is 22.5. The van der Waals surface area contributed by atoms with Crippen molar-refractivity contribution in [1.29, 1.82) is 5.26 Å². The van der Waals surface area contributed by atoms with Crippen LogP contribution in [0.2, 0.25) is 0 Å². The third-order valence-electron chi connectivity index (χ3n) is 6.04. The van der Waals surface area contributed by atoms with Gasteiger partial charge >= 0.3 is 6.03 Å². The third-order valence-corrected chi connectivity index (χ3v) is 6.04. The molecule has 1 aliphatic rings. The van der Waals surface area contributed by atoms with E-state index in [0.717, 1.165) is 49.2 Å². The fraction of sp³-hybridized carbons (Fsp3) is 0.400. The van der Waals surface area contributed by atoms with E-state index in [2.05, 4.69) is 40.4 Å². The first-order valence-electron chi connectivity index (χ1n) is 11.3. The molecule has 2 heterocycles. The molecule has 166 valence electrons. The molecule has 0 bridgehead atoms. The van der Waals surface area contributed by atoms with Crippen LogP contribution in [0, 0.1) is 17.2 Å². The number of nitriles is 1. The number of aromatic amines is 1. The van der Waals surface area contributed by atoms with Gasteiger partial charge in [-0.25, -0.2) is 9.78 Å². The Morgan fingerprint density at radius 3 is 2.75 bits per heavy atom. The van der Waals surface area contributed by atoms with E-state index < -0.39 is 0 Å². The number of rotatable bonds is 6. The number of para-hydroxylation sites is 2. The number of urea groups is 1. The van der Waals surface area contributed by atoms with Gasteiger partial charge in [-0.05, 0) is 68.1 Å². The third kappa shape index (κ3) is 5.27. The first kappa shape index (κ1) is 21.8. The topological polar surface area (TPSA) is 96.8 Å². The molecule has 1 saturated heterocycles. The van der Waals surface area contributed by atoms with Crippen molar-refractivity contribution in [2.24, 2.45) is 5.92 Å². The lowest BCUT2D eigenvalue weighted by atomic mass is 9.95. The summed E-state index contributed by atoms with van der Waals surface area (Å²) >= 11 is 0. The molecular weight excluding hydrogens is 400 g/mol. The van der Waals surface area contributed by atoms with Crippen molar-refractivity contribution >= 4 is 22.8 Å². The van der Waals surface area contributed by atoms with Crippen molar-refractivity contribution in [2.45, 2.75) is 45.2 Å². The van der Waals surface area contributed by atoms with Crippen molar-refractivity contribution in [2.75, 3.05) is 18.4 Å². The van der Waals surface area contributed by atoms with Gasteiger partial charge in [-0.1, -0.05) is 26.0 Å². The second-order valence-corrected chi connectivity index (χ2v) is 8.88. The standard InChI is InChI=1S/C25H30N6O/c1-17(2)11-13-31-14-12-20(28-25(32)27-19-9-7-18(16-26)8-10-19)15-23(31)24-29-21-5-3-4-6-22(21)30-24/h3-10,17,20,23H,11-15H2,1-2H3,(H,29,30)(H2,27,28,32)/t20-,23-/m1/s1. The summed E-state index contributed by atoms with van der Waals surface area (Å²) in [6, 6.07) is 17.0. The number of nitrogens with one attached hydrogen (secondary N) is 3. The van der Waals surface area contributed by atoms with E-state index >= 15 is 0 Å². The van der Waals surface area contributed by atoms with E-state index in [1.54, 1.807) is 24.3 Å². The number of carbonyl (C=O) groups is 1. The number of amides is 2. The molecule has 0 unspecified atom stereocenters. The fourth-order valence-electron chi connectivity index (χ4n) is 4.23. The molecule has 2 amide bonds. The van der Waals surface area contributed by atoms with Crippen molar-refractivity contribution < 1.29 is 4.79 Å². The molecule has 3 N–H and O–H groups in total. The van der Waals surface area contributed by atoms with Gasteiger partial charge in [-0.15, -0.1) is 0 Å². The van der Waals surface area contributed by atoms with E-state index in [1.807, 2.05) is 24.3 Å². The van der Waals surface area contributed by atoms with E-state index in [0.29, 0.717) is 17.2 Å². The zero-order valence-corrected chi connectivity index (χ0v) is 18.6. The van der Waals surface area contributed by atoms with E-state index in [4.69, 9.17) is 10.2 Å². The van der Waals surface area contributed by atoms with Gasteiger partial charge in [0, 0.05) is 18.3 Å². The largest absolute Gasteiger partial charge is 0.341 e. The van der Waals surface area contributed by atoms with Crippen molar-refractivity contribution in [1.82, 2.24) is 20.2 Å². The summed E-state index contributed by atoms with van der Waals surface area (Å²) < 4.78 is 0. The van der Waals surface area contributed by atoms with Crippen molar-refractivity contribution in [3.05, 3.63) is 59.9 Å². The van der Waals surface area contributed by atoms with Gasteiger partial charge in [-0.3, -0.25) is 4.90 Å². The molecule has 2 aromatic carbocycles. The molecule has 0 saturated carbocycles. The molecule has 0 spiro atoms. The Morgan fingerprint density at radius 1 is 1.25 bits per heavy atom. The predicted molar refractivity (Wildman–Crippen MR) is 126 cm³/mol. The summed E-state index contributed by atoms with van der Waals surface area (Å²) in [5.74, 6) is 1.61. The number of piperidine rings is 1. The molecule has 1 fully saturated rings. The first-order chi connectivity index (χ1) is 15.5. The van der Waals surface area contributed by atoms with Crippen LogP contribution in [0.4, 0.5) is 10.5 Å². The van der Waals surface area contributed by atoms with Gasteiger partial charge in [0.05, 0.1) is 28.7 Å². The number of fused-ring (bicyclic) bond motifs is 1. The van der Waals surface area contributed by atoms with Crippen LogP contribution < -0.4 is 10.6 Å². The molecule has 0 radical (unpaired) electrons. The Morgan fingerprint density at radius 2 is 2.03 bits per heavy atom. The van der Waals surface area contributed by atoms with Gasteiger partial charge in [0.2, 0.25) is 0 Å². The van der Waals surface area contributed by atoms with Crippen molar-refractivity contribution in [3.8, 4) is 6.07 Å². The Kier molecular flexibility index (Phi) is 6.72. The number of hydrogen-bond acceptors (Lipinski definition) is 4. The Labute approximate surface area is 188 Å². The Balaban J connectivity index is 1.45. The lowest BCUT2D eigenvalue weighted by Gasteiger charge is -2.39. The average molecular weight is 431 g/mol. The normalized spacial score (nSPS) is 19.1. The molecule has 7 heteroatoms. The molecule has 32 heavy (non-hydrogen) atoms. The summed E-state index contributed by atoms with van der Waals surface area (Å²) in [4.78, 5) is 23.4. The minimum atomic E-state index is -0.223. The van der Waals surface area contributed by atoms with Crippen LogP contribution in [-0.4, -0.2) is 40.0 Å². The summed E-state index contributed by atoms with van der Waals surface area (Å²) in [6.07, 6.45) is 2.84. The maximum Gasteiger partial charge on any atom is 0.319 e. The second kappa shape index (κ2) is 9.84. The highest BCUT2D eigenvalue weighted by molar-refractivity contribution is 5.89. The van der Waals surface area contributed by atoms with Gasteiger partial charge in [0.15, 0.2) is 0 Å². The number of likely N-dealkylation sites (tertiary alicyclic amines) is 1. The molecule has 4 rings (SSSR count). The van der Waals surface area contributed by atoms with E-state index in [1.165, 1.54) is 0 Å². The zero-order valence-electron chi connectivity index (χ0n) is 18.6. The highest BCUT2D eigenvalue weighted by atomic mass is 16.2. The summed E-state index contributed by atoms with van der Waals surface area (Å²) in [5.41, 5.74) is 3.25. The molecule has 1 aromatic heterocycles. The number of nitrogens with zero attached hydrogens (tertiary/aromatic N) is 3. The van der Waals surface area contributed by atoms with Gasteiger partial charge in [-0.2, -0.15) is 5.26 Å². The van der Waals surface area contributed by atoms with Crippen LogP contribution in [-0.2, 0) is 0 Å².